The third kappa shape index (κ3) is 6.57. The topological polar surface area (TPSA) is 38.8 Å². The van der Waals surface area contributed by atoms with Gasteiger partial charge in [-0.2, -0.15) is 0 Å². The van der Waals surface area contributed by atoms with Crippen molar-refractivity contribution in [2.75, 3.05) is 51.1 Å². The van der Waals surface area contributed by atoms with Crippen LogP contribution in [0.25, 0.3) is 0 Å². The van der Waals surface area contributed by atoms with Gasteiger partial charge in [0.05, 0.1) is 6.04 Å². The third-order valence-electron chi connectivity index (χ3n) is 7.86. The highest BCUT2D eigenvalue weighted by molar-refractivity contribution is 5.94. The summed E-state index contributed by atoms with van der Waals surface area (Å²) in [5, 5.41) is 3.82. The SMILES string of the molecule is C=CCN1CCN(C(c2ccc(C(=O)N(CC)CC)cc2)c2cccc(NC3CCCCC3)c2)CC1. The molecule has 36 heavy (non-hydrogen) atoms. The maximum absolute atomic E-state index is 12.9. The van der Waals surface area contributed by atoms with Gasteiger partial charge in [-0.1, -0.05) is 49.6 Å². The van der Waals surface area contributed by atoms with Crippen molar-refractivity contribution in [3.8, 4) is 0 Å². The molecule has 5 heteroatoms. The van der Waals surface area contributed by atoms with Crippen molar-refractivity contribution < 1.29 is 4.79 Å². The van der Waals surface area contributed by atoms with E-state index in [4.69, 9.17) is 0 Å². The molecule has 2 aromatic carbocycles. The Hall–Kier alpha value is -2.63. The highest BCUT2D eigenvalue weighted by Crippen LogP contribution is 2.32. The smallest absolute Gasteiger partial charge is 0.253 e. The first-order chi connectivity index (χ1) is 17.6. The van der Waals surface area contributed by atoms with Crippen molar-refractivity contribution in [1.29, 1.82) is 0 Å². The second-order valence-corrected chi connectivity index (χ2v) is 10.2. The molecule has 1 amide bonds. The lowest BCUT2D eigenvalue weighted by Gasteiger charge is -2.39. The van der Waals surface area contributed by atoms with Gasteiger partial charge in [-0.05, 0) is 62.1 Å². The molecule has 2 aliphatic rings. The molecule has 0 spiro atoms. The summed E-state index contributed by atoms with van der Waals surface area (Å²) in [6.07, 6.45) is 8.55. The molecule has 1 aliphatic heterocycles. The van der Waals surface area contributed by atoms with Crippen LogP contribution in [0.4, 0.5) is 5.69 Å². The fourth-order valence-corrected chi connectivity index (χ4v) is 5.78. The Balaban J connectivity index is 1.59. The zero-order chi connectivity index (χ0) is 25.3. The van der Waals surface area contributed by atoms with Crippen molar-refractivity contribution >= 4 is 11.6 Å². The van der Waals surface area contributed by atoms with Crippen molar-refractivity contribution in [1.82, 2.24) is 14.7 Å². The Bertz CT molecular complexity index is 970. The Kier molecular flexibility index (Phi) is 9.60. The molecule has 0 radical (unpaired) electrons. The standard InChI is InChI=1S/C31H44N4O/c1-4-19-33-20-22-35(23-21-33)30(25-15-17-26(18-16-25)31(36)34(5-2)6-3)27-11-10-14-29(24-27)32-28-12-8-7-9-13-28/h4,10-11,14-18,24,28,30,32H,1,5-9,12-13,19-23H2,2-3H3. The van der Waals surface area contributed by atoms with E-state index in [9.17, 15) is 4.79 Å². The van der Waals surface area contributed by atoms with Crippen LogP contribution in [0.2, 0.25) is 0 Å². The molecule has 1 saturated carbocycles. The number of amides is 1. The van der Waals surface area contributed by atoms with Crippen molar-refractivity contribution in [3.63, 3.8) is 0 Å². The van der Waals surface area contributed by atoms with Crippen LogP contribution in [0.15, 0.2) is 61.2 Å². The van der Waals surface area contributed by atoms with Crippen LogP contribution in [0.3, 0.4) is 0 Å². The summed E-state index contributed by atoms with van der Waals surface area (Å²) in [5.74, 6) is 0.111. The van der Waals surface area contributed by atoms with Crippen LogP contribution in [-0.4, -0.2) is 72.5 Å². The van der Waals surface area contributed by atoms with Crippen molar-refractivity contribution in [2.45, 2.75) is 58.0 Å². The zero-order valence-electron chi connectivity index (χ0n) is 22.3. The average Bonchev–Trinajstić information content (AvgIpc) is 2.92. The normalized spacial score (nSPS) is 18.5. The molecule has 194 valence electrons. The van der Waals surface area contributed by atoms with E-state index >= 15 is 0 Å². The van der Waals surface area contributed by atoms with E-state index in [2.05, 4.69) is 58.1 Å². The Labute approximate surface area is 218 Å². The third-order valence-corrected chi connectivity index (χ3v) is 7.86. The van der Waals surface area contributed by atoms with E-state index in [1.54, 1.807) is 0 Å². The minimum absolute atomic E-state index is 0.111. The van der Waals surface area contributed by atoms with Crippen molar-refractivity contribution in [2.24, 2.45) is 0 Å². The lowest BCUT2D eigenvalue weighted by Crippen LogP contribution is -2.47. The van der Waals surface area contributed by atoms with Gasteiger partial charge in [-0.3, -0.25) is 14.6 Å². The van der Waals surface area contributed by atoms with Gasteiger partial charge in [-0.15, -0.1) is 6.58 Å². The second kappa shape index (κ2) is 13.1. The van der Waals surface area contributed by atoms with Gasteiger partial charge in [0.15, 0.2) is 0 Å². The van der Waals surface area contributed by atoms with Crippen LogP contribution < -0.4 is 5.32 Å². The number of rotatable bonds is 10. The molecule has 5 nitrogen and oxygen atoms in total. The van der Waals surface area contributed by atoms with Crippen LogP contribution in [-0.2, 0) is 0 Å². The monoisotopic (exact) mass is 488 g/mol. The van der Waals surface area contributed by atoms with Gasteiger partial charge in [0.1, 0.15) is 0 Å². The molecular weight excluding hydrogens is 444 g/mol. The zero-order valence-corrected chi connectivity index (χ0v) is 22.3. The predicted molar refractivity (Wildman–Crippen MR) is 151 cm³/mol. The quantitative estimate of drug-likeness (QED) is 0.429. The van der Waals surface area contributed by atoms with E-state index in [1.165, 1.54) is 48.9 Å². The first kappa shape index (κ1) is 26.4. The molecule has 1 aliphatic carbocycles. The molecular formula is C31H44N4O. The van der Waals surface area contributed by atoms with Crippen LogP contribution in [0.5, 0.6) is 0 Å². The molecule has 0 aromatic heterocycles. The summed E-state index contributed by atoms with van der Waals surface area (Å²) >= 11 is 0. The van der Waals surface area contributed by atoms with E-state index in [-0.39, 0.29) is 11.9 Å². The number of nitrogens with one attached hydrogen (secondary N) is 1. The summed E-state index contributed by atoms with van der Waals surface area (Å²) in [7, 11) is 0. The summed E-state index contributed by atoms with van der Waals surface area (Å²) in [6.45, 7) is 14.5. The molecule has 1 N–H and O–H groups in total. The fraction of sp³-hybridized carbons (Fsp3) is 0.516. The molecule has 2 fully saturated rings. The fourth-order valence-electron chi connectivity index (χ4n) is 5.78. The van der Waals surface area contributed by atoms with Gasteiger partial charge < -0.3 is 10.2 Å². The molecule has 1 unspecified atom stereocenters. The number of carbonyl (C=O) groups excluding carboxylic acids is 1. The molecule has 2 aromatic rings. The number of hydrogen-bond acceptors (Lipinski definition) is 4. The first-order valence-electron chi connectivity index (χ1n) is 14.0. The van der Waals surface area contributed by atoms with E-state index < -0.39 is 0 Å². The molecule has 1 saturated heterocycles. The summed E-state index contributed by atoms with van der Waals surface area (Å²) in [5.41, 5.74) is 4.56. The van der Waals surface area contributed by atoms with Crippen LogP contribution >= 0.6 is 0 Å². The number of nitrogens with zero attached hydrogens (tertiary/aromatic N) is 3. The molecule has 4 rings (SSSR count). The molecule has 1 heterocycles. The molecule has 1 atom stereocenters. The van der Waals surface area contributed by atoms with Gasteiger partial charge in [-0.25, -0.2) is 0 Å². The summed E-state index contributed by atoms with van der Waals surface area (Å²) in [6, 6.07) is 18.1. The number of benzene rings is 2. The van der Waals surface area contributed by atoms with E-state index in [0.29, 0.717) is 6.04 Å². The summed E-state index contributed by atoms with van der Waals surface area (Å²) < 4.78 is 0. The Morgan fingerprint density at radius 3 is 2.33 bits per heavy atom. The van der Waals surface area contributed by atoms with E-state index in [0.717, 1.165) is 51.4 Å². The Morgan fingerprint density at radius 1 is 1.00 bits per heavy atom. The van der Waals surface area contributed by atoms with Gasteiger partial charge >= 0.3 is 0 Å². The minimum atomic E-state index is 0.111. The number of carbonyl (C=O) groups is 1. The molecule has 0 bridgehead atoms. The highest BCUT2D eigenvalue weighted by atomic mass is 16.2. The first-order valence-corrected chi connectivity index (χ1v) is 14.0. The second-order valence-electron chi connectivity index (χ2n) is 10.2. The maximum Gasteiger partial charge on any atom is 0.253 e. The van der Waals surface area contributed by atoms with Gasteiger partial charge in [0, 0.05) is 63.1 Å². The number of anilines is 1. The van der Waals surface area contributed by atoms with Crippen LogP contribution in [0, 0.1) is 0 Å². The lowest BCUT2D eigenvalue weighted by molar-refractivity contribution is 0.0773. The van der Waals surface area contributed by atoms with Crippen molar-refractivity contribution in [3.05, 3.63) is 77.9 Å². The predicted octanol–water partition coefficient (Wildman–Crippen LogP) is 5.81. The Morgan fingerprint density at radius 2 is 1.69 bits per heavy atom. The number of piperazine rings is 1. The maximum atomic E-state index is 12.9. The van der Waals surface area contributed by atoms with Gasteiger partial charge in [0.2, 0.25) is 0 Å². The lowest BCUT2D eigenvalue weighted by atomic mass is 9.93. The largest absolute Gasteiger partial charge is 0.382 e. The summed E-state index contributed by atoms with van der Waals surface area (Å²) in [4.78, 5) is 19.8. The number of hydrogen-bond donors (Lipinski definition) is 1. The highest BCUT2D eigenvalue weighted by Gasteiger charge is 2.27. The van der Waals surface area contributed by atoms with Crippen LogP contribution in [0.1, 0.15) is 73.5 Å². The van der Waals surface area contributed by atoms with Gasteiger partial charge in [0.25, 0.3) is 5.91 Å². The van der Waals surface area contributed by atoms with E-state index in [1.807, 2.05) is 37.0 Å². The average molecular weight is 489 g/mol. The minimum Gasteiger partial charge on any atom is -0.382 e.